The molecule has 10 nitrogen and oxygen atoms in total. The van der Waals surface area contributed by atoms with E-state index in [-0.39, 0.29) is 37.3 Å². The molecule has 1 aliphatic heterocycles. The Kier molecular flexibility index (Phi) is 10.7. The Morgan fingerprint density at radius 2 is 1.69 bits per heavy atom. The zero-order chi connectivity index (χ0) is 26.0. The van der Waals surface area contributed by atoms with Crippen LogP contribution in [0.2, 0.25) is 0 Å². The van der Waals surface area contributed by atoms with Crippen LogP contribution < -0.4 is 21.3 Å². The van der Waals surface area contributed by atoms with Crippen molar-refractivity contribution in [1.29, 1.82) is 0 Å². The lowest BCUT2D eigenvalue weighted by Crippen LogP contribution is -2.55. The molecule has 2 rings (SSSR count). The molecule has 1 aromatic rings. The molecule has 0 saturated carbocycles. The van der Waals surface area contributed by atoms with E-state index in [9.17, 15) is 24.0 Å². The van der Waals surface area contributed by atoms with Gasteiger partial charge in [0.05, 0.1) is 6.04 Å². The predicted molar refractivity (Wildman–Crippen MR) is 129 cm³/mol. The van der Waals surface area contributed by atoms with Crippen LogP contribution in [0.4, 0.5) is 4.79 Å². The molecule has 10 heteroatoms. The molecular formula is C25H36N4O6. The topological polar surface area (TPSA) is 143 Å². The Hall–Kier alpha value is -3.43. The summed E-state index contributed by atoms with van der Waals surface area (Å²) in [6.07, 6.45) is 0.0126. The fourth-order valence-electron chi connectivity index (χ4n) is 3.76. The van der Waals surface area contributed by atoms with Crippen LogP contribution in [0, 0.1) is 11.8 Å². The molecule has 3 atom stereocenters. The second kappa shape index (κ2) is 13.5. The summed E-state index contributed by atoms with van der Waals surface area (Å²) in [6.45, 7) is 7.72. The van der Waals surface area contributed by atoms with E-state index in [4.69, 9.17) is 4.74 Å². The van der Waals surface area contributed by atoms with E-state index >= 15 is 0 Å². The minimum absolute atomic E-state index is 0.00518. The van der Waals surface area contributed by atoms with Crippen molar-refractivity contribution in [1.82, 2.24) is 21.3 Å². The summed E-state index contributed by atoms with van der Waals surface area (Å²) >= 11 is 0. The Morgan fingerprint density at radius 1 is 1.00 bits per heavy atom. The predicted octanol–water partition coefficient (Wildman–Crippen LogP) is 1.43. The van der Waals surface area contributed by atoms with Crippen LogP contribution in [0.25, 0.3) is 0 Å². The van der Waals surface area contributed by atoms with E-state index in [0.717, 1.165) is 5.56 Å². The number of carbonyl (C=O) groups is 5. The molecule has 0 aromatic heterocycles. The average Bonchev–Trinajstić information content (AvgIpc) is 3.20. The SMILES string of the molecule is CC(C)C[C@@H](NC(=O)OCc1ccccc1)C(=O)N[C@H](CC1CCNC1=O)C(=O)C(=O)NC(C)C. The highest BCUT2D eigenvalue weighted by Crippen LogP contribution is 2.17. The van der Waals surface area contributed by atoms with Crippen molar-refractivity contribution in [2.45, 2.75) is 71.7 Å². The van der Waals surface area contributed by atoms with Gasteiger partial charge in [-0.05, 0) is 44.6 Å². The highest BCUT2D eigenvalue weighted by molar-refractivity contribution is 6.38. The number of hydrogen-bond donors (Lipinski definition) is 4. The van der Waals surface area contributed by atoms with Crippen LogP contribution >= 0.6 is 0 Å². The Labute approximate surface area is 205 Å². The summed E-state index contributed by atoms with van der Waals surface area (Å²) in [5.41, 5.74) is 0.796. The highest BCUT2D eigenvalue weighted by Gasteiger charge is 2.35. The van der Waals surface area contributed by atoms with Crippen molar-refractivity contribution in [2.75, 3.05) is 6.54 Å². The van der Waals surface area contributed by atoms with E-state index in [2.05, 4.69) is 21.3 Å². The lowest BCUT2D eigenvalue weighted by Gasteiger charge is -2.25. The Balaban J connectivity index is 2.09. The van der Waals surface area contributed by atoms with Crippen molar-refractivity contribution >= 4 is 29.6 Å². The molecule has 1 fully saturated rings. The first kappa shape index (κ1) is 27.8. The zero-order valence-electron chi connectivity index (χ0n) is 20.8. The number of carbonyl (C=O) groups excluding carboxylic acids is 5. The number of alkyl carbamates (subject to hydrolysis) is 1. The van der Waals surface area contributed by atoms with Crippen LogP contribution in [-0.2, 0) is 30.5 Å². The van der Waals surface area contributed by atoms with Crippen molar-refractivity contribution in [3.05, 3.63) is 35.9 Å². The first-order valence-corrected chi connectivity index (χ1v) is 12.0. The number of rotatable bonds is 12. The molecule has 0 spiro atoms. The molecule has 1 heterocycles. The Bertz CT molecular complexity index is 902. The molecule has 0 radical (unpaired) electrons. The van der Waals surface area contributed by atoms with E-state index in [0.29, 0.717) is 13.0 Å². The average molecular weight is 489 g/mol. The van der Waals surface area contributed by atoms with Crippen molar-refractivity contribution in [2.24, 2.45) is 11.8 Å². The third-order valence-electron chi connectivity index (χ3n) is 5.49. The highest BCUT2D eigenvalue weighted by atomic mass is 16.5. The third-order valence-corrected chi connectivity index (χ3v) is 5.49. The smallest absolute Gasteiger partial charge is 0.408 e. The van der Waals surface area contributed by atoms with Gasteiger partial charge in [0.2, 0.25) is 17.6 Å². The summed E-state index contributed by atoms with van der Waals surface area (Å²) in [5, 5.41) is 10.4. The van der Waals surface area contributed by atoms with Gasteiger partial charge in [0.1, 0.15) is 12.6 Å². The molecule has 4 amide bonds. The largest absolute Gasteiger partial charge is 0.445 e. The second-order valence-electron chi connectivity index (χ2n) is 9.45. The first-order chi connectivity index (χ1) is 16.6. The van der Waals surface area contributed by atoms with Gasteiger partial charge in [-0.25, -0.2) is 4.79 Å². The van der Waals surface area contributed by atoms with Crippen molar-refractivity contribution in [3.63, 3.8) is 0 Å². The number of benzene rings is 1. The van der Waals surface area contributed by atoms with Gasteiger partial charge in [-0.3, -0.25) is 19.2 Å². The molecule has 192 valence electrons. The van der Waals surface area contributed by atoms with Crippen LogP contribution in [0.1, 0.15) is 52.5 Å². The number of Topliss-reactive ketones (excluding diaryl/α,β-unsaturated/α-hetero) is 1. The van der Waals surface area contributed by atoms with Crippen molar-refractivity contribution < 1.29 is 28.7 Å². The quantitative estimate of drug-likeness (QED) is 0.328. The monoisotopic (exact) mass is 488 g/mol. The second-order valence-corrected chi connectivity index (χ2v) is 9.45. The van der Waals surface area contributed by atoms with Gasteiger partial charge >= 0.3 is 6.09 Å². The van der Waals surface area contributed by atoms with Gasteiger partial charge in [-0.15, -0.1) is 0 Å². The number of nitrogens with one attached hydrogen (secondary N) is 4. The molecule has 1 aliphatic rings. The normalized spacial score (nSPS) is 16.9. The van der Waals surface area contributed by atoms with Crippen molar-refractivity contribution in [3.8, 4) is 0 Å². The van der Waals surface area contributed by atoms with E-state index in [1.165, 1.54) is 0 Å². The van der Waals surface area contributed by atoms with Gasteiger partial charge in [-0.2, -0.15) is 0 Å². The zero-order valence-corrected chi connectivity index (χ0v) is 20.8. The van der Waals surface area contributed by atoms with E-state index in [1.807, 2.05) is 44.2 Å². The maximum atomic E-state index is 13.1. The minimum atomic E-state index is -1.20. The maximum absolute atomic E-state index is 13.1. The minimum Gasteiger partial charge on any atom is -0.445 e. The van der Waals surface area contributed by atoms with Gasteiger partial charge in [-0.1, -0.05) is 44.2 Å². The maximum Gasteiger partial charge on any atom is 0.408 e. The summed E-state index contributed by atoms with van der Waals surface area (Å²) in [4.78, 5) is 62.8. The fourth-order valence-corrected chi connectivity index (χ4v) is 3.76. The number of ketones is 1. The standard InChI is InChI=1S/C25H36N4O6/c1-15(2)12-20(29-25(34)35-14-17-8-6-5-7-9-17)23(32)28-19(13-18-10-11-26-22(18)31)21(30)24(33)27-16(3)4/h5-9,15-16,18-20H,10-14H2,1-4H3,(H,26,31)(H,27,33)(H,28,32)(H,29,34)/t18?,19-,20-/m1/s1. The molecule has 35 heavy (non-hydrogen) atoms. The first-order valence-electron chi connectivity index (χ1n) is 12.0. The van der Waals surface area contributed by atoms with Crippen LogP contribution in [0.3, 0.4) is 0 Å². The molecule has 0 bridgehead atoms. The molecule has 1 unspecified atom stereocenters. The molecule has 0 aliphatic carbocycles. The number of hydrogen-bond acceptors (Lipinski definition) is 6. The van der Waals surface area contributed by atoms with Gasteiger partial charge in [0.15, 0.2) is 0 Å². The van der Waals surface area contributed by atoms with E-state index < -0.39 is 41.7 Å². The summed E-state index contributed by atoms with van der Waals surface area (Å²) in [7, 11) is 0. The van der Waals surface area contributed by atoms with E-state index in [1.54, 1.807) is 13.8 Å². The molecular weight excluding hydrogens is 452 g/mol. The Morgan fingerprint density at radius 3 is 2.26 bits per heavy atom. The van der Waals surface area contributed by atoms with Gasteiger partial charge in [0.25, 0.3) is 5.91 Å². The van der Waals surface area contributed by atoms with Crippen LogP contribution in [0.5, 0.6) is 0 Å². The lowest BCUT2D eigenvalue weighted by atomic mass is 9.94. The third kappa shape index (κ3) is 9.38. The molecule has 1 saturated heterocycles. The molecule has 4 N–H and O–H groups in total. The fraction of sp³-hybridized carbons (Fsp3) is 0.560. The summed E-state index contributed by atoms with van der Waals surface area (Å²) in [5.74, 6) is -2.96. The van der Waals surface area contributed by atoms with Gasteiger partial charge < -0.3 is 26.0 Å². The van der Waals surface area contributed by atoms with Gasteiger partial charge in [0, 0.05) is 18.5 Å². The molecule has 1 aromatic carbocycles. The van der Waals surface area contributed by atoms with Crippen LogP contribution in [0.15, 0.2) is 30.3 Å². The summed E-state index contributed by atoms with van der Waals surface area (Å²) < 4.78 is 5.23. The van der Waals surface area contributed by atoms with Crippen LogP contribution in [-0.4, -0.2) is 54.3 Å². The lowest BCUT2D eigenvalue weighted by molar-refractivity contribution is -0.141. The number of ether oxygens (including phenoxy) is 1. The summed E-state index contributed by atoms with van der Waals surface area (Å²) in [6, 6.07) is 6.65. The number of amides is 4.